The molecule has 5 rings (SSSR count). The molecule has 0 aromatic heterocycles. The molecule has 4 amide bonds. The van der Waals surface area contributed by atoms with Crippen molar-refractivity contribution >= 4 is 23.4 Å². The SMILES string of the molecule is COc1ccc(CCN2CCCC2CN(C(=O)Nc2ccccc2)C(CNC(=O)Nc2ccccc2)CC2CCCCC2)cc1. The van der Waals surface area contributed by atoms with Crippen molar-refractivity contribution in [3.05, 3.63) is 90.5 Å². The number of methoxy groups -OCH3 is 1. The summed E-state index contributed by atoms with van der Waals surface area (Å²) in [7, 11) is 1.69. The quantitative estimate of drug-likeness (QED) is 0.188. The van der Waals surface area contributed by atoms with Crippen LogP contribution in [-0.4, -0.2) is 67.2 Å². The molecule has 8 nitrogen and oxygen atoms in total. The number of hydrogen-bond donors (Lipinski definition) is 3. The fraction of sp³-hybridized carbons (Fsp3) is 0.459. The molecule has 0 radical (unpaired) electrons. The third-order valence-electron chi connectivity index (χ3n) is 9.34. The summed E-state index contributed by atoms with van der Waals surface area (Å²) in [6.45, 7) is 2.99. The summed E-state index contributed by atoms with van der Waals surface area (Å²) in [5.41, 5.74) is 2.81. The van der Waals surface area contributed by atoms with Crippen molar-refractivity contribution < 1.29 is 14.3 Å². The summed E-state index contributed by atoms with van der Waals surface area (Å²) >= 11 is 0. The van der Waals surface area contributed by atoms with Gasteiger partial charge in [0.1, 0.15) is 5.75 Å². The lowest BCUT2D eigenvalue weighted by Crippen LogP contribution is -2.54. The van der Waals surface area contributed by atoms with E-state index in [4.69, 9.17) is 4.74 Å². The van der Waals surface area contributed by atoms with E-state index in [1.54, 1.807) is 7.11 Å². The maximum atomic E-state index is 14.1. The van der Waals surface area contributed by atoms with Crippen molar-refractivity contribution in [1.82, 2.24) is 15.1 Å². The van der Waals surface area contributed by atoms with Crippen LogP contribution in [0.1, 0.15) is 56.9 Å². The second-order valence-corrected chi connectivity index (χ2v) is 12.5. The molecule has 1 aliphatic carbocycles. The van der Waals surface area contributed by atoms with Gasteiger partial charge in [0.15, 0.2) is 0 Å². The second-order valence-electron chi connectivity index (χ2n) is 12.5. The van der Waals surface area contributed by atoms with E-state index in [0.717, 1.165) is 55.9 Å². The van der Waals surface area contributed by atoms with Gasteiger partial charge in [-0.3, -0.25) is 4.90 Å². The first-order valence-corrected chi connectivity index (χ1v) is 16.7. The Morgan fingerprint density at radius 1 is 0.844 bits per heavy atom. The number of para-hydroxylation sites is 2. The fourth-order valence-electron chi connectivity index (χ4n) is 6.84. The number of urea groups is 2. The average molecular weight is 612 g/mol. The van der Waals surface area contributed by atoms with Crippen LogP contribution in [0.2, 0.25) is 0 Å². The van der Waals surface area contributed by atoms with Gasteiger partial charge in [0.05, 0.1) is 13.2 Å². The monoisotopic (exact) mass is 611 g/mol. The van der Waals surface area contributed by atoms with E-state index < -0.39 is 0 Å². The lowest BCUT2D eigenvalue weighted by molar-refractivity contribution is 0.133. The standard InChI is InChI=1S/C37H49N5O3/c1-45-35-21-19-29(20-22-35)23-25-41-24-11-18-33(41)28-42(37(44)40-32-16-9-4-10-17-32)34(26-30-12-5-2-6-13-30)27-38-36(43)39-31-14-7-3-8-15-31/h3-4,7-10,14-17,19-22,30,33-34H,2,5-6,11-13,18,23-28H2,1H3,(H,40,44)(H2,38,39,43). The molecule has 45 heavy (non-hydrogen) atoms. The molecule has 2 unspecified atom stereocenters. The largest absolute Gasteiger partial charge is 0.497 e. The molecule has 2 fully saturated rings. The van der Waals surface area contributed by atoms with Gasteiger partial charge < -0.3 is 25.6 Å². The number of benzene rings is 3. The van der Waals surface area contributed by atoms with Gasteiger partial charge in [-0.05, 0) is 80.1 Å². The number of rotatable bonds is 13. The normalized spacial score (nSPS) is 17.8. The Morgan fingerprint density at radius 3 is 2.18 bits per heavy atom. The molecule has 0 bridgehead atoms. The Labute approximate surface area is 268 Å². The Morgan fingerprint density at radius 2 is 1.51 bits per heavy atom. The Kier molecular flexibility index (Phi) is 12.1. The second kappa shape index (κ2) is 16.9. The Hall–Kier alpha value is -4.04. The van der Waals surface area contributed by atoms with Crippen LogP contribution in [0.3, 0.4) is 0 Å². The van der Waals surface area contributed by atoms with Gasteiger partial charge >= 0.3 is 12.1 Å². The van der Waals surface area contributed by atoms with Crippen molar-refractivity contribution in [1.29, 1.82) is 0 Å². The molecule has 0 spiro atoms. The van der Waals surface area contributed by atoms with Crippen LogP contribution in [0.4, 0.5) is 21.0 Å². The summed E-state index contributed by atoms with van der Waals surface area (Å²) in [6.07, 6.45) is 10.1. The number of nitrogens with zero attached hydrogens (tertiary/aromatic N) is 2. The highest BCUT2D eigenvalue weighted by Crippen LogP contribution is 2.30. The highest BCUT2D eigenvalue weighted by atomic mass is 16.5. The third-order valence-corrected chi connectivity index (χ3v) is 9.34. The minimum absolute atomic E-state index is 0.103. The van der Waals surface area contributed by atoms with E-state index in [0.29, 0.717) is 19.0 Å². The van der Waals surface area contributed by atoms with Crippen LogP contribution in [0.25, 0.3) is 0 Å². The maximum Gasteiger partial charge on any atom is 0.322 e. The zero-order chi connectivity index (χ0) is 31.3. The van der Waals surface area contributed by atoms with Crippen LogP contribution < -0.4 is 20.7 Å². The molecule has 1 heterocycles. The predicted octanol–water partition coefficient (Wildman–Crippen LogP) is 7.40. The van der Waals surface area contributed by atoms with E-state index in [2.05, 4.69) is 33.0 Å². The zero-order valence-electron chi connectivity index (χ0n) is 26.6. The van der Waals surface area contributed by atoms with Crippen LogP contribution in [0.15, 0.2) is 84.9 Å². The average Bonchev–Trinajstić information content (AvgIpc) is 3.53. The maximum absolute atomic E-state index is 14.1. The molecule has 1 aliphatic heterocycles. The van der Waals surface area contributed by atoms with Crippen molar-refractivity contribution in [2.45, 2.75) is 69.9 Å². The summed E-state index contributed by atoms with van der Waals surface area (Å²) in [5.74, 6) is 1.41. The molecule has 3 aromatic carbocycles. The van der Waals surface area contributed by atoms with Crippen molar-refractivity contribution in [3.63, 3.8) is 0 Å². The number of amides is 4. The van der Waals surface area contributed by atoms with Crippen LogP contribution in [-0.2, 0) is 6.42 Å². The molecule has 3 aromatic rings. The minimum Gasteiger partial charge on any atom is -0.497 e. The predicted molar refractivity (Wildman–Crippen MR) is 182 cm³/mol. The van der Waals surface area contributed by atoms with Crippen LogP contribution >= 0.6 is 0 Å². The number of ether oxygens (including phenoxy) is 1. The first-order valence-electron chi connectivity index (χ1n) is 16.7. The van der Waals surface area contributed by atoms with E-state index in [1.807, 2.05) is 77.7 Å². The van der Waals surface area contributed by atoms with Crippen molar-refractivity contribution in [2.75, 3.05) is 43.9 Å². The van der Waals surface area contributed by atoms with E-state index >= 15 is 0 Å². The summed E-state index contributed by atoms with van der Waals surface area (Å²) in [5, 5.41) is 9.23. The van der Waals surface area contributed by atoms with Gasteiger partial charge in [-0.15, -0.1) is 0 Å². The molecule has 1 saturated carbocycles. The van der Waals surface area contributed by atoms with E-state index in [9.17, 15) is 9.59 Å². The van der Waals surface area contributed by atoms with Gasteiger partial charge in [0.2, 0.25) is 0 Å². The fourth-order valence-corrected chi connectivity index (χ4v) is 6.84. The van der Waals surface area contributed by atoms with Gasteiger partial charge in [-0.25, -0.2) is 9.59 Å². The summed E-state index contributed by atoms with van der Waals surface area (Å²) < 4.78 is 5.33. The zero-order valence-corrected chi connectivity index (χ0v) is 26.6. The first-order chi connectivity index (χ1) is 22.1. The van der Waals surface area contributed by atoms with Crippen LogP contribution in [0.5, 0.6) is 5.75 Å². The summed E-state index contributed by atoms with van der Waals surface area (Å²) in [6, 6.07) is 27.2. The van der Waals surface area contributed by atoms with Gasteiger partial charge in [0.25, 0.3) is 0 Å². The lowest BCUT2D eigenvalue weighted by Gasteiger charge is -2.38. The highest BCUT2D eigenvalue weighted by Gasteiger charge is 2.33. The number of anilines is 2. The molecular weight excluding hydrogens is 562 g/mol. The molecule has 1 saturated heterocycles. The van der Waals surface area contributed by atoms with Crippen molar-refractivity contribution in [3.8, 4) is 5.75 Å². The smallest absolute Gasteiger partial charge is 0.322 e. The molecule has 2 atom stereocenters. The van der Waals surface area contributed by atoms with Gasteiger partial charge in [0, 0.05) is 37.1 Å². The first kappa shape index (κ1) is 32.4. The van der Waals surface area contributed by atoms with Gasteiger partial charge in [-0.1, -0.05) is 80.6 Å². The Balaban J connectivity index is 1.32. The summed E-state index contributed by atoms with van der Waals surface area (Å²) in [4.78, 5) is 31.7. The van der Waals surface area contributed by atoms with E-state index in [1.165, 1.54) is 37.7 Å². The third kappa shape index (κ3) is 9.98. The van der Waals surface area contributed by atoms with Crippen LogP contribution in [0, 0.1) is 5.92 Å². The number of carbonyl (C=O) groups is 2. The number of nitrogens with one attached hydrogen (secondary N) is 3. The molecule has 2 aliphatic rings. The van der Waals surface area contributed by atoms with Gasteiger partial charge in [-0.2, -0.15) is 0 Å². The van der Waals surface area contributed by atoms with Crippen molar-refractivity contribution in [2.24, 2.45) is 5.92 Å². The topological polar surface area (TPSA) is 85.9 Å². The minimum atomic E-state index is -0.250. The molecule has 8 heteroatoms. The molecule has 3 N–H and O–H groups in total. The number of carbonyl (C=O) groups excluding carboxylic acids is 2. The lowest BCUT2D eigenvalue weighted by atomic mass is 9.84. The number of likely N-dealkylation sites (tertiary alicyclic amines) is 1. The van der Waals surface area contributed by atoms with E-state index in [-0.39, 0.29) is 24.1 Å². The highest BCUT2D eigenvalue weighted by molar-refractivity contribution is 5.90. The molecule has 240 valence electrons. The molecular formula is C37H49N5O3. The number of hydrogen-bond acceptors (Lipinski definition) is 4. The Bertz CT molecular complexity index is 1310.